The second-order valence-corrected chi connectivity index (χ2v) is 4.37. The molecular formula is C15H15N3O2. The van der Waals surface area contributed by atoms with E-state index in [1.807, 2.05) is 55.5 Å². The SMILES string of the molecule is Cc1ccccc1NC(=O)N(Cc1ccccc1)N=O. The third-order valence-electron chi connectivity index (χ3n) is 2.89. The Hall–Kier alpha value is -2.69. The predicted molar refractivity (Wildman–Crippen MR) is 78.0 cm³/mol. The fraction of sp³-hybridized carbons (Fsp3) is 0.133. The molecule has 0 atom stereocenters. The molecule has 0 heterocycles. The third-order valence-corrected chi connectivity index (χ3v) is 2.89. The number of anilines is 1. The number of para-hydroxylation sites is 1. The van der Waals surface area contributed by atoms with Gasteiger partial charge in [0.1, 0.15) is 0 Å². The van der Waals surface area contributed by atoms with E-state index in [2.05, 4.69) is 10.6 Å². The molecule has 0 unspecified atom stereocenters. The quantitative estimate of drug-likeness (QED) is 0.679. The van der Waals surface area contributed by atoms with Crippen molar-refractivity contribution in [1.82, 2.24) is 5.01 Å². The number of carbonyl (C=O) groups excluding carboxylic acids is 1. The van der Waals surface area contributed by atoms with E-state index >= 15 is 0 Å². The zero-order valence-corrected chi connectivity index (χ0v) is 11.1. The highest BCUT2D eigenvalue weighted by Crippen LogP contribution is 2.15. The Kier molecular flexibility index (Phi) is 4.44. The minimum atomic E-state index is -0.543. The molecule has 0 aliphatic carbocycles. The number of benzene rings is 2. The number of amides is 2. The molecule has 0 spiro atoms. The van der Waals surface area contributed by atoms with Crippen LogP contribution < -0.4 is 5.32 Å². The van der Waals surface area contributed by atoms with Gasteiger partial charge < -0.3 is 5.32 Å². The van der Waals surface area contributed by atoms with Gasteiger partial charge in [0.2, 0.25) is 0 Å². The molecule has 0 radical (unpaired) electrons. The van der Waals surface area contributed by atoms with E-state index in [0.717, 1.165) is 16.1 Å². The lowest BCUT2D eigenvalue weighted by Crippen LogP contribution is -2.29. The number of nitroso groups, excluding NO2 is 1. The first kappa shape index (κ1) is 13.7. The minimum absolute atomic E-state index is 0.141. The molecular weight excluding hydrogens is 254 g/mol. The number of rotatable bonds is 4. The van der Waals surface area contributed by atoms with Crippen molar-refractivity contribution >= 4 is 11.7 Å². The van der Waals surface area contributed by atoms with Crippen molar-refractivity contribution in [2.45, 2.75) is 13.5 Å². The highest BCUT2D eigenvalue weighted by atomic mass is 16.3. The van der Waals surface area contributed by atoms with Gasteiger partial charge >= 0.3 is 6.03 Å². The highest BCUT2D eigenvalue weighted by molar-refractivity contribution is 5.89. The van der Waals surface area contributed by atoms with E-state index in [-0.39, 0.29) is 6.54 Å². The average molecular weight is 269 g/mol. The van der Waals surface area contributed by atoms with Crippen LogP contribution >= 0.6 is 0 Å². The highest BCUT2D eigenvalue weighted by Gasteiger charge is 2.15. The third kappa shape index (κ3) is 3.41. The van der Waals surface area contributed by atoms with Crippen LogP contribution in [0.3, 0.4) is 0 Å². The lowest BCUT2D eigenvalue weighted by molar-refractivity contribution is 0.211. The summed E-state index contributed by atoms with van der Waals surface area (Å²) < 4.78 is 0. The van der Waals surface area contributed by atoms with E-state index in [4.69, 9.17) is 0 Å². The molecule has 5 nitrogen and oxygen atoms in total. The lowest BCUT2D eigenvalue weighted by atomic mass is 10.2. The summed E-state index contributed by atoms with van der Waals surface area (Å²) in [5.74, 6) is 0. The van der Waals surface area contributed by atoms with E-state index in [1.165, 1.54) is 0 Å². The largest absolute Gasteiger partial charge is 0.345 e. The zero-order chi connectivity index (χ0) is 14.4. The minimum Gasteiger partial charge on any atom is -0.306 e. The van der Waals surface area contributed by atoms with Gasteiger partial charge in [-0.3, -0.25) is 0 Å². The van der Waals surface area contributed by atoms with Crippen molar-refractivity contribution in [3.8, 4) is 0 Å². The summed E-state index contributed by atoms with van der Waals surface area (Å²) in [5, 5.41) is 6.32. The zero-order valence-electron chi connectivity index (χ0n) is 11.1. The van der Waals surface area contributed by atoms with Crippen molar-refractivity contribution in [3.05, 3.63) is 70.6 Å². The maximum atomic E-state index is 12.0. The maximum absolute atomic E-state index is 12.0. The Balaban J connectivity index is 2.06. The normalized spacial score (nSPS) is 9.85. The molecule has 0 fully saturated rings. The topological polar surface area (TPSA) is 61.8 Å². The van der Waals surface area contributed by atoms with Gasteiger partial charge in [0, 0.05) is 5.69 Å². The Morgan fingerprint density at radius 1 is 1.10 bits per heavy atom. The van der Waals surface area contributed by atoms with Crippen molar-refractivity contribution in [2.75, 3.05) is 5.32 Å². The summed E-state index contributed by atoms with van der Waals surface area (Å²) in [6, 6.07) is 16.0. The molecule has 2 rings (SSSR count). The molecule has 2 aromatic rings. The van der Waals surface area contributed by atoms with Crippen LogP contribution in [0.5, 0.6) is 0 Å². The number of urea groups is 1. The Morgan fingerprint density at radius 3 is 2.40 bits per heavy atom. The molecule has 2 amide bonds. The number of hydrogen-bond acceptors (Lipinski definition) is 3. The number of nitrogens with zero attached hydrogens (tertiary/aromatic N) is 2. The van der Waals surface area contributed by atoms with Gasteiger partial charge in [-0.15, -0.1) is 4.91 Å². The molecule has 2 aromatic carbocycles. The molecule has 0 saturated heterocycles. The summed E-state index contributed by atoms with van der Waals surface area (Å²) in [6.45, 7) is 2.02. The van der Waals surface area contributed by atoms with Crippen molar-refractivity contribution in [2.24, 2.45) is 5.29 Å². The summed E-state index contributed by atoms with van der Waals surface area (Å²) in [5.41, 5.74) is 2.43. The standard InChI is InChI=1S/C15H15N3O2/c1-12-7-5-6-10-14(12)16-15(19)18(17-20)11-13-8-3-2-4-9-13/h2-10H,11H2,1H3,(H,16,19). The molecule has 0 aromatic heterocycles. The Morgan fingerprint density at radius 2 is 1.75 bits per heavy atom. The van der Waals surface area contributed by atoms with E-state index in [9.17, 15) is 9.70 Å². The summed E-state index contributed by atoms with van der Waals surface area (Å²) >= 11 is 0. The van der Waals surface area contributed by atoms with E-state index < -0.39 is 6.03 Å². The number of hydrogen-bond donors (Lipinski definition) is 1. The van der Waals surface area contributed by atoms with Gasteiger partial charge in [-0.1, -0.05) is 48.5 Å². The number of nitrogens with one attached hydrogen (secondary N) is 1. The lowest BCUT2D eigenvalue weighted by Gasteiger charge is -2.15. The van der Waals surface area contributed by atoms with E-state index in [1.54, 1.807) is 6.07 Å². The molecule has 0 aliphatic heterocycles. The Labute approximate surface area is 117 Å². The first-order valence-corrected chi connectivity index (χ1v) is 6.22. The predicted octanol–water partition coefficient (Wildman–Crippen LogP) is 3.71. The summed E-state index contributed by atoms with van der Waals surface area (Å²) in [4.78, 5) is 22.9. The van der Waals surface area contributed by atoms with E-state index in [0.29, 0.717) is 5.69 Å². The average Bonchev–Trinajstić information content (AvgIpc) is 2.48. The van der Waals surface area contributed by atoms with Gasteiger partial charge in [-0.25, -0.2) is 4.79 Å². The molecule has 0 saturated carbocycles. The number of aryl methyl sites for hydroxylation is 1. The van der Waals surface area contributed by atoms with Crippen LogP contribution in [0, 0.1) is 11.8 Å². The Bertz CT molecular complexity index is 599. The molecule has 0 aliphatic rings. The van der Waals surface area contributed by atoms with Crippen LogP contribution in [-0.2, 0) is 6.54 Å². The van der Waals surface area contributed by atoms with Gasteiger partial charge in [-0.2, -0.15) is 5.01 Å². The fourth-order valence-corrected chi connectivity index (χ4v) is 1.79. The summed E-state index contributed by atoms with van der Waals surface area (Å²) in [7, 11) is 0. The number of carbonyl (C=O) groups is 1. The molecule has 1 N–H and O–H groups in total. The fourth-order valence-electron chi connectivity index (χ4n) is 1.79. The second kappa shape index (κ2) is 6.47. The second-order valence-electron chi connectivity index (χ2n) is 4.37. The molecule has 5 heteroatoms. The van der Waals surface area contributed by atoms with Crippen LogP contribution in [0.2, 0.25) is 0 Å². The first-order valence-electron chi connectivity index (χ1n) is 6.22. The van der Waals surface area contributed by atoms with Gasteiger partial charge in [0.25, 0.3) is 0 Å². The van der Waals surface area contributed by atoms with Crippen LogP contribution in [0.25, 0.3) is 0 Å². The van der Waals surface area contributed by atoms with Crippen molar-refractivity contribution in [1.29, 1.82) is 0 Å². The smallest absolute Gasteiger partial charge is 0.306 e. The van der Waals surface area contributed by atoms with Gasteiger partial charge in [0.05, 0.1) is 11.8 Å². The van der Waals surface area contributed by atoms with Gasteiger partial charge in [-0.05, 0) is 24.1 Å². The maximum Gasteiger partial charge on any atom is 0.345 e. The van der Waals surface area contributed by atoms with Gasteiger partial charge in [0.15, 0.2) is 0 Å². The molecule has 0 bridgehead atoms. The summed E-state index contributed by atoms with van der Waals surface area (Å²) in [6.07, 6.45) is 0. The van der Waals surface area contributed by atoms with Crippen LogP contribution in [0.1, 0.15) is 11.1 Å². The molecule has 102 valence electrons. The van der Waals surface area contributed by atoms with Crippen LogP contribution in [0.15, 0.2) is 59.9 Å². The van der Waals surface area contributed by atoms with Crippen molar-refractivity contribution < 1.29 is 4.79 Å². The van der Waals surface area contributed by atoms with Crippen LogP contribution in [0.4, 0.5) is 10.5 Å². The van der Waals surface area contributed by atoms with Crippen LogP contribution in [-0.4, -0.2) is 11.0 Å². The monoisotopic (exact) mass is 269 g/mol. The molecule has 20 heavy (non-hydrogen) atoms. The van der Waals surface area contributed by atoms with Crippen molar-refractivity contribution in [3.63, 3.8) is 0 Å². The first-order chi connectivity index (χ1) is 9.70.